The molecule has 5 heteroatoms. The minimum Gasteiger partial charge on any atom is -0.508 e. The summed E-state index contributed by atoms with van der Waals surface area (Å²) in [4.78, 5) is 0. The number of hydrogen-bond acceptors (Lipinski definition) is 3. The molecule has 0 aliphatic heterocycles. The third-order valence-corrected chi connectivity index (χ3v) is 6.59. The van der Waals surface area contributed by atoms with Crippen LogP contribution in [0.25, 0.3) is 0 Å². The maximum atomic E-state index is 13.3. The average Bonchev–Trinajstić information content (AvgIpc) is 2.68. The van der Waals surface area contributed by atoms with E-state index in [0.29, 0.717) is 13.1 Å². The summed E-state index contributed by atoms with van der Waals surface area (Å²) in [6, 6.07) is 14.9. The van der Waals surface area contributed by atoms with Crippen molar-refractivity contribution >= 4 is 11.0 Å². The lowest BCUT2D eigenvalue weighted by molar-refractivity contribution is 0.410. The van der Waals surface area contributed by atoms with Crippen LogP contribution in [0.15, 0.2) is 61.2 Å². The maximum Gasteiger partial charge on any atom is 0.118 e. The summed E-state index contributed by atoms with van der Waals surface area (Å²) < 4.78 is 20.5. The summed E-state index contributed by atoms with van der Waals surface area (Å²) in [5.41, 5.74) is 2.09. The number of ether oxygens (including phenoxy) is 1. The fourth-order valence-corrected chi connectivity index (χ4v) is 4.34. The summed E-state index contributed by atoms with van der Waals surface area (Å²) in [5, 5.41) is 9.52. The number of nitrogens with zero attached hydrogens (tertiary/aromatic N) is 1. The van der Waals surface area contributed by atoms with Gasteiger partial charge in [0.15, 0.2) is 0 Å². The third kappa shape index (κ3) is 6.22. The molecule has 2 rings (SSSR count). The lowest BCUT2D eigenvalue weighted by Gasteiger charge is -2.28. The summed E-state index contributed by atoms with van der Waals surface area (Å²) in [5.74, 6) is 1.31. The smallest absolute Gasteiger partial charge is 0.118 e. The molecule has 146 valence electrons. The zero-order valence-corrected chi connectivity index (χ0v) is 17.1. The van der Waals surface area contributed by atoms with E-state index in [2.05, 4.69) is 13.5 Å². The summed E-state index contributed by atoms with van der Waals surface area (Å²) in [6.45, 7) is 9.05. The number of aromatic hydroxyl groups is 1. The first kappa shape index (κ1) is 21.2. The van der Waals surface area contributed by atoms with Crippen LogP contribution in [0.2, 0.25) is 0 Å². The van der Waals surface area contributed by atoms with Crippen molar-refractivity contribution in [1.29, 1.82) is 0 Å². The molecule has 2 aromatic rings. The number of hydrogen-bond donors (Lipinski definition) is 1. The van der Waals surface area contributed by atoms with Gasteiger partial charge in [0.1, 0.15) is 11.5 Å². The van der Waals surface area contributed by atoms with Crippen LogP contribution in [-0.4, -0.2) is 26.0 Å². The Kier molecular flexibility index (Phi) is 8.07. The molecule has 1 N–H and O–H groups in total. The quantitative estimate of drug-likeness (QED) is 0.603. The minimum absolute atomic E-state index is 0.0124. The second-order valence-corrected chi connectivity index (χ2v) is 8.61. The van der Waals surface area contributed by atoms with Crippen LogP contribution in [0.5, 0.6) is 11.5 Å². The van der Waals surface area contributed by atoms with Gasteiger partial charge >= 0.3 is 0 Å². The monoisotopic (exact) mass is 387 g/mol. The Morgan fingerprint density at radius 1 is 1.07 bits per heavy atom. The van der Waals surface area contributed by atoms with Gasteiger partial charge < -0.3 is 9.84 Å². The standard InChI is InChI=1S/C22H29NO3S/c1-5-6-17(2)18(3)27(25)23(15-19-7-11-21(24)12-8-19)16-20-9-13-22(26-4)14-10-20/h5,7-14,17-18,24H,1,6,15-16H2,2-4H3/t17?,18-,27?/m0/s1. The Labute approximate surface area is 165 Å². The van der Waals surface area contributed by atoms with Gasteiger partial charge in [-0.05, 0) is 54.7 Å². The topological polar surface area (TPSA) is 49.8 Å². The molecule has 0 heterocycles. The largest absolute Gasteiger partial charge is 0.508 e. The predicted molar refractivity (Wildman–Crippen MR) is 112 cm³/mol. The van der Waals surface area contributed by atoms with E-state index in [0.717, 1.165) is 23.3 Å². The molecule has 27 heavy (non-hydrogen) atoms. The molecule has 0 saturated carbocycles. The fraction of sp³-hybridized carbons (Fsp3) is 0.364. The van der Waals surface area contributed by atoms with Gasteiger partial charge in [0.25, 0.3) is 0 Å². The van der Waals surface area contributed by atoms with Crippen LogP contribution in [0.3, 0.4) is 0 Å². The number of phenols is 1. The lowest BCUT2D eigenvalue weighted by atomic mass is 10.1. The zero-order chi connectivity index (χ0) is 19.8. The van der Waals surface area contributed by atoms with Crippen LogP contribution in [-0.2, 0) is 24.1 Å². The van der Waals surface area contributed by atoms with Gasteiger partial charge in [0.05, 0.1) is 18.1 Å². The molecule has 0 aromatic heterocycles. The van der Waals surface area contributed by atoms with Crippen molar-refractivity contribution in [2.24, 2.45) is 5.92 Å². The number of phenolic OH excluding ortho intramolecular Hbond substituents is 1. The van der Waals surface area contributed by atoms with E-state index < -0.39 is 11.0 Å². The van der Waals surface area contributed by atoms with Gasteiger partial charge in [-0.1, -0.05) is 37.3 Å². The number of methoxy groups -OCH3 is 1. The average molecular weight is 388 g/mol. The van der Waals surface area contributed by atoms with Gasteiger partial charge in [0, 0.05) is 18.3 Å². The molecule has 0 spiro atoms. The van der Waals surface area contributed by atoms with Crippen molar-refractivity contribution in [3.63, 3.8) is 0 Å². The van der Waals surface area contributed by atoms with E-state index in [9.17, 15) is 9.32 Å². The zero-order valence-electron chi connectivity index (χ0n) is 16.3. The molecule has 2 unspecified atom stereocenters. The lowest BCUT2D eigenvalue weighted by Crippen LogP contribution is -2.34. The van der Waals surface area contributed by atoms with Gasteiger partial charge in [-0.15, -0.1) is 6.58 Å². The van der Waals surface area contributed by atoms with E-state index in [1.165, 1.54) is 0 Å². The molecule has 0 aliphatic rings. The fourth-order valence-electron chi connectivity index (χ4n) is 2.81. The summed E-state index contributed by atoms with van der Waals surface area (Å²) in [6.07, 6.45) is 2.72. The summed E-state index contributed by atoms with van der Waals surface area (Å²) >= 11 is 0. The molecule has 0 saturated heterocycles. The number of allylic oxidation sites excluding steroid dienone is 1. The molecule has 0 bridgehead atoms. The molecular weight excluding hydrogens is 358 g/mol. The van der Waals surface area contributed by atoms with Crippen molar-refractivity contribution in [3.8, 4) is 11.5 Å². The van der Waals surface area contributed by atoms with E-state index in [-0.39, 0.29) is 16.9 Å². The van der Waals surface area contributed by atoms with Crippen molar-refractivity contribution in [3.05, 3.63) is 72.3 Å². The first-order chi connectivity index (χ1) is 12.9. The third-order valence-electron chi connectivity index (χ3n) is 4.73. The van der Waals surface area contributed by atoms with Crippen molar-refractivity contribution in [1.82, 2.24) is 4.31 Å². The highest BCUT2D eigenvalue weighted by atomic mass is 32.2. The molecule has 0 aliphatic carbocycles. The van der Waals surface area contributed by atoms with Gasteiger partial charge in [-0.3, -0.25) is 0 Å². The summed E-state index contributed by atoms with van der Waals surface area (Å²) in [7, 11) is 0.487. The Morgan fingerprint density at radius 3 is 2.07 bits per heavy atom. The second-order valence-electron chi connectivity index (χ2n) is 6.80. The normalized spacial score (nSPS) is 14.5. The van der Waals surface area contributed by atoms with Gasteiger partial charge in [-0.2, -0.15) is 0 Å². The predicted octanol–water partition coefficient (Wildman–Crippen LogP) is 4.67. The van der Waals surface area contributed by atoms with Gasteiger partial charge in [0.2, 0.25) is 0 Å². The Morgan fingerprint density at radius 2 is 1.59 bits per heavy atom. The Balaban J connectivity index is 2.21. The van der Waals surface area contributed by atoms with Crippen LogP contribution in [0.1, 0.15) is 31.4 Å². The highest BCUT2D eigenvalue weighted by molar-refractivity contribution is 7.83. The highest BCUT2D eigenvalue weighted by Crippen LogP contribution is 2.22. The van der Waals surface area contributed by atoms with E-state index in [4.69, 9.17) is 4.74 Å². The second kappa shape index (κ2) is 10.3. The van der Waals surface area contributed by atoms with Crippen LogP contribution in [0, 0.1) is 5.92 Å². The van der Waals surface area contributed by atoms with Crippen molar-refractivity contribution in [2.45, 2.75) is 38.6 Å². The first-order valence-corrected chi connectivity index (χ1v) is 10.3. The van der Waals surface area contributed by atoms with E-state index in [1.54, 1.807) is 19.2 Å². The number of rotatable bonds is 10. The van der Waals surface area contributed by atoms with Crippen LogP contribution >= 0.6 is 0 Å². The molecule has 2 aromatic carbocycles. The van der Waals surface area contributed by atoms with Crippen LogP contribution < -0.4 is 4.74 Å². The highest BCUT2D eigenvalue weighted by Gasteiger charge is 2.24. The van der Waals surface area contributed by atoms with E-state index in [1.807, 2.05) is 53.7 Å². The Hall–Kier alpha value is -2.11. The molecule has 3 atom stereocenters. The minimum atomic E-state index is -1.16. The van der Waals surface area contributed by atoms with Crippen LogP contribution in [0.4, 0.5) is 0 Å². The molecule has 0 radical (unpaired) electrons. The van der Waals surface area contributed by atoms with Crippen molar-refractivity contribution in [2.75, 3.05) is 7.11 Å². The molecule has 0 fully saturated rings. The number of benzene rings is 2. The molecule has 4 nitrogen and oxygen atoms in total. The molecular formula is C22H29NO3S. The SMILES string of the molecule is C=CCC(C)[C@H](C)S(=O)N(Cc1ccc(O)cc1)Cc1ccc(OC)cc1. The van der Waals surface area contributed by atoms with Gasteiger partial charge in [-0.25, -0.2) is 8.51 Å². The van der Waals surface area contributed by atoms with E-state index >= 15 is 0 Å². The van der Waals surface area contributed by atoms with Crippen molar-refractivity contribution < 1.29 is 14.1 Å². The maximum absolute atomic E-state index is 13.3. The Bertz CT molecular complexity index is 743. The first-order valence-electron chi connectivity index (χ1n) is 9.12. The molecule has 0 amide bonds.